The molecule has 0 saturated heterocycles. The number of rotatable bonds is 5. The first-order valence-corrected chi connectivity index (χ1v) is 9.70. The Balaban J connectivity index is 2.21. The molecular weight excluding hydrogens is 352 g/mol. The lowest BCUT2D eigenvalue weighted by Crippen LogP contribution is -2.48. The summed E-state index contributed by atoms with van der Waals surface area (Å²) in [7, 11) is 0. The van der Waals surface area contributed by atoms with Crippen molar-refractivity contribution in [2.45, 2.75) is 65.0 Å². The van der Waals surface area contributed by atoms with Crippen molar-refractivity contribution >= 4 is 22.8 Å². The SMILES string of the molecule is C[C@H](N)C(=O)N(CCC(C)(C)c1ccc2ccccc2c1)C(=O)OC(C)(C)C. The van der Waals surface area contributed by atoms with E-state index in [1.54, 1.807) is 27.7 Å². The van der Waals surface area contributed by atoms with Gasteiger partial charge in [0, 0.05) is 6.54 Å². The number of ether oxygens (including phenoxy) is 1. The van der Waals surface area contributed by atoms with Gasteiger partial charge in [-0.05, 0) is 55.9 Å². The molecule has 0 aliphatic carbocycles. The molecule has 5 nitrogen and oxygen atoms in total. The number of fused-ring (bicyclic) bond motifs is 1. The summed E-state index contributed by atoms with van der Waals surface area (Å²) in [5.41, 5.74) is 6.00. The molecule has 0 fully saturated rings. The predicted molar refractivity (Wildman–Crippen MR) is 113 cm³/mol. The Bertz CT molecular complexity index is 850. The molecule has 0 heterocycles. The summed E-state index contributed by atoms with van der Waals surface area (Å²) in [4.78, 5) is 26.2. The second-order valence-electron chi connectivity index (χ2n) is 8.95. The third-order valence-corrected chi connectivity index (χ3v) is 4.76. The maximum atomic E-state index is 12.6. The smallest absolute Gasteiger partial charge is 0.417 e. The van der Waals surface area contributed by atoms with Crippen molar-refractivity contribution in [1.29, 1.82) is 0 Å². The topological polar surface area (TPSA) is 72.6 Å². The highest BCUT2D eigenvalue weighted by Crippen LogP contribution is 2.30. The standard InChI is InChI=1S/C23H32N2O3/c1-16(24)20(26)25(21(27)28-22(2,3)4)14-13-23(5,6)19-12-11-17-9-7-8-10-18(17)15-19/h7-12,15-16H,13-14,24H2,1-6H3/t16-/m0/s1. The fraction of sp³-hybridized carbons (Fsp3) is 0.478. The molecule has 0 aliphatic rings. The van der Waals surface area contributed by atoms with Crippen LogP contribution in [0.4, 0.5) is 4.79 Å². The Hall–Kier alpha value is -2.40. The van der Waals surface area contributed by atoms with Crippen LogP contribution in [0.2, 0.25) is 0 Å². The molecule has 0 spiro atoms. The number of nitrogens with zero attached hydrogens (tertiary/aromatic N) is 1. The summed E-state index contributed by atoms with van der Waals surface area (Å²) in [6.45, 7) is 11.4. The monoisotopic (exact) mass is 384 g/mol. The van der Waals surface area contributed by atoms with Gasteiger partial charge in [0.15, 0.2) is 0 Å². The van der Waals surface area contributed by atoms with E-state index in [1.807, 2.05) is 12.1 Å². The normalized spacial score (nSPS) is 13.2. The third kappa shape index (κ3) is 5.55. The lowest BCUT2D eigenvalue weighted by Gasteiger charge is -2.31. The van der Waals surface area contributed by atoms with Gasteiger partial charge in [0.2, 0.25) is 5.91 Å². The van der Waals surface area contributed by atoms with Gasteiger partial charge in [-0.2, -0.15) is 0 Å². The van der Waals surface area contributed by atoms with Crippen LogP contribution in [-0.4, -0.2) is 35.1 Å². The van der Waals surface area contributed by atoms with Gasteiger partial charge < -0.3 is 10.5 Å². The molecule has 0 radical (unpaired) electrons. The molecule has 1 atom stereocenters. The lowest BCUT2D eigenvalue weighted by atomic mass is 9.80. The number of benzene rings is 2. The van der Waals surface area contributed by atoms with Gasteiger partial charge >= 0.3 is 6.09 Å². The third-order valence-electron chi connectivity index (χ3n) is 4.76. The largest absolute Gasteiger partial charge is 0.443 e. The van der Waals surface area contributed by atoms with E-state index in [-0.39, 0.29) is 12.0 Å². The van der Waals surface area contributed by atoms with E-state index in [0.717, 1.165) is 10.5 Å². The van der Waals surface area contributed by atoms with Crippen molar-refractivity contribution in [3.05, 3.63) is 48.0 Å². The fourth-order valence-electron chi connectivity index (χ4n) is 3.00. The maximum Gasteiger partial charge on any atom is 0.417 e. The van der Waals surface area contributed by atoms with Crippen molar-refractivity contribution in [2.75, 3.05) is 6.54 Å². The predicted octanol–water partition coefficient (Wildman–Crippen LogP) is 4.62. The molecule has 0 aromatic heterocycles. The van der Waals surface area contributed by atoms with E-state index in [2.05, 4.69) is 44.2 Å². The molecule has 5 heteroatoms. The minimum Gasteiger partial charge on any atom is -0.443 e. The molecule has 28 heavy (non-hydrogen) atoms. The molecule has 2 N–H and O–H groups in total. The first-order valence-electron chi connectivity index (χ1n) is 9.70. The van der Waals surface area contributed by atoms with Crippen LogP contribution in [0.1, 0.15) is 53.5 Å². The van der Waals surface area contributed by atoms with E-state index in [9.17, 15) is 9.59 Å². The number of amides is 2. The van der Waals surface area contributed by atoms with Gasteiger partial charge in [0.1, 0.15) is 5.60 Å². The van der Waals surface area contributed by atoms with E-state index < -0.39 is 23.6 Å². The molecule has 0 bridgehead atoms. The summed E-state index contributed by atoms with van der Waals surface area (Å²) in [5, 5.41) is 2.35. The second kappa shape index (κ2) is 8.31. The Labute approximate surface area is 167 Å². The van der Waals surface area contributed by atoms with Crippen LogP contribution in [0.25, 0.3) is 10.8 Å². The molecule has 0 aliphatic heterocycles. The van der Waals surface area contributed by atoms with Crippen molar-refractivity contribution in [2.24, 2.45) is 5.73 Å². The zero-order chi connectivity index (χ0) is 21.1. The Kier molecular flexibility index (Phi) is 6.50. The molecule has 2 rings (SSSR count). The summed E-state index contributed by atoms with van der Waals surface area (Å²) in [6, 6.07) is 13.8. The van der Waals surface area contributed by atoms with Crippen molar-refractivity contribution in [1.82, 2.24) is 4.90 Å². The van der Waals surface area contributed by atoms with Gasteiger partial charge in [-0.15, -0.1) is 0 Å². The van der Waals surface area contributed by atoms with Crippen LogP contribution in [0.5, 0.6) is 0 Å². The van der Waals surface area contributed by atoms with E-state index in [4.69, 9.17) is 10.5 Å². The van der Waals surface area contributed by atoms with Gasteiger partial charge in [0.05, 0.1) is 6.04 Å². The van der Waals surface area contributed by atoms with Crippen LogP contribution in [-0.2, 0) is 14.9 Å². The number of carbonyl (C=O) groups excluding carboxylic acids is 2. The van der Waals surface area contributed by atoms with Gasteiger partial charge in [-0.3, -0.25) is 4.79 Å². The number of nitrogens with two attached hydrogens (primary N) is 1. The van der Waals surface area contributed by atoms with Crippen molar-refractivity contribution in [3.63, 3.8) is 0 Å². The number of carbonyl (C=O) groups is 2. The average Bonchev–Trinajstić information content (AvgIpc) is 2.59. The van der Waals surface area contributed by atoms with E-state index >= 15 is 0 Å². The molecule has 2 amide bonds. The number of hydrogen-bond donors (Lipinski definition) is 1. The molecule has 2 aromatic rings. The molecule has 2 aromatic carbocycles. The van der Waals surface area contributed by atoms with Crippen LogP contribution in [0.15, 0.2) is 42.5 Å². The molecule has 0 saturated carbocycles. The van der Waals surface area contributed by atoms with Gasteiger partial charge in [-0.1, -0.05) is 56.3 Å². The minimum absolute atomic E-state index is 0.234. The average molecular weight is 385 g/mol. The molecular formula is C23H32N2O3. The van der Waals surface area contributed by atoms with Crippen LogP contribution >= 0.6 is 0 Å². The van der Waals surface area contributed by atoms with E-state index in [0.29, 0.717) is 6.42 Å². The zero-order valence-corrected chi connectivity index (χ0v) is 17.8. The summed E-state index contributed by atoms with van der Waals surface area (Å²) in [6.07, 6.45) is -0.0487. The quantitative estimate of drug-likeness (QED) is 0.816. The van der Waals surface area contributed by atoms with E-state index in [1.165, 1.54) is 10.8 Å². The minimum atomic E-state index is -0.767. The Morgan fingerprint density at radius 3 is 2.21 bits per heavy atom. The number of imide groups is 1. The number of hydrogen-bond acceptors (Lipinski definition) is 4. The first-order chi connectivity index (χ1) is 12.9. The lowest BCUT2D eigenvalue weighted by molar-refractivity contribution is -0.131. The summed E-state index contributed by atoms with van der Waals surface area (Å²) in [5.74, 6) is -0.427. The highest BCUT2D eigenvalue weighted by Gasteiger charge is 2.31. The Morgan fingerprint density at radius 2 is 1.64 bits per heavy atom. The Morgan fingerprint density at radius 1 is 1.04 bits per heavy atom. The fourth-order valence-corrected chi connectivity index (χ4v) is 3.00. The van der Waals surface area contributed by atoms with Crippen LogP contribution in [0, 0.1) is 0 Å². The van der Waals surface area contributed by atoms with Crippen LogP contribution < -0.4 is 5.73 Å². The zero-order valence-electron chi connectivity index (χ0n) is 17.8. The van der Waals surface area contributed by atoms with Crippen LogP contribution in [0.3, 0.4) is 0 Å². The van der Waals surface area contributed by atoms with Gasteiger partial charge in [0.25, 0.3) is 0 Å². The highest BCUT2D eigenvalue weighted by molar-refractivity contribution is 5.94. The van der Waals surface area contributed by atoms with Crippen molar-refractivity contribution < 1.29 is 14.3 Å². The molecule has 0 unspecified atom stereocenters. The maximum absolute atomic E-state index is 12.6. The summed E-state index contributed by atoms with van der Waals surface area (Å²) >= 11 is 0. The molecule has 152 valence electrons. The van der Waals surface area contributed by atoms with Gasteiger partial charge in [-0.25, -0.2) is 9.69 Å². The second-order valence-corrected chi connectivity index (χ2v) is 8.95. The highest BCUT2D eigenvalue weighted by atomic mass is 16.6. The summed E-state index contributed by atoms with van der Waals surface area (Å²) < 4.78 is 5.41. The first kappa shape index (κ1) is 21.9. The van der Waals surface area contributed by atoms with Crippen molar-refractivity contribution in [3.8, 4) is 0 Å².